The van der Waals surface area contributed by atoms with Crippen LogP contribution in [0.1, 0.15) is 57.4 Å². The van der Waals surface area contributed by atoms with E-state index in [1.54, 1.807) is 12.1 Å². The number of nitrogens with zero attached hydrogens (tertiary/aromatic N) is 2. The minimum Gasteiger partial charge on any atom is -0.344 e. The number of benzene rings is 1. The maximum Gasteiger partial charge on any atom is 0.249 e. The Bertz CT molecular complexity index is 899. The highest BCUT2D eigenvalue weighted by molar-refractivity contribution is 9.10. The Kier molecular flexibility index (Phi) is 4.16. The summed E-state index contributed by atoms with van der Waals surface area (Å²) in [6.45, 7) is 1.87. The van der Waals surface area contributed by atoms with Crippen LogP contribution in [0, 0.1) is 23.1 Å². The first-order chi connectivity index (χ1) is 13.3. The van der Waals surface area contributed by atoms with E-state index in [0.29, 0.717) is 29.1 Å². The van der Waals surface area contributed by atoms with Crippen LogP contribution < -0.4 is 5.32 Å². The number of aromatic nitrogens is 2. The smallest absolute Gasteiger partial charge is 0.249 e. The normalized spacial score (nSPS) is 34.4. The number of hydrogen-bond acceptors (Lipinski definition) is 4. The van der Waals surface area contributed by atoms with Gasteiger partial charge < -0.3 is 9.84 Å². The quantitative estimate of drug-likeness (QED) is 0.684. The molecule has 0 saturated heterocycles. The summed E-state index contributed by atoms with van der Waals surface area (Å²) in [5.41, 5.74) is 0.402. The first-order valence-electron chi connectivity index (χ1n) is 9.94. The van der Waals surface area contributed by atoms with Crippen molar-refractivity contribution in [3.8, 4) is 11.4 Å². The van der Waals surface area contributed by atoms with Crippen LogP contribution >= 0.6 is 15.9 Å². The maximum absolute atomic E-state index is 13.3. The lowest BCUT2D eigenvalue weighted by molar-refractivity contribution is -0.144. The molecule has 4 aliphatic carbocycles. The van der Waals surface area contributed by atoms with Crippen molar-refractivity contribution in [1.29, 1.82) is 0 Å². The van der Waals surface area contributed by atoms with E-state index < -0.39 is 0 Å². The number of rotatable bonds is 4. The van der Waals surface area contributed by atoms with Crippen molar-refractivity contribution >= 4 is 21.8 Å². The summed E-state index contributed by atoms with van der Waals surface area (Å²) in [5.74, 6) is 1.86. The predicted molar refractivity (Wildman–Crippen MR) is 105 cm³/mol. The fraction of sp³-hybridized carbons (Fsp3) is 0.571. The Hall–Kier alpha value is -1.76. The molecular weight excluding hydrogens is 425 g/mol. The Morgan fingerprint density at radius 2 is 1.93 bits per heavy atom. The van der Waals surface area contributed by atoms with Crippen LogP contribution in [0.2, 0.25) is 0 Å². The fourth-order valence-corrected chi connectivity index (χ4v) is 7.41. The number of nitrogens with one attached hydrogen (secondary N) is 1. The van der Waals surface area contributed by atoms with Crippen molar-refractivity contribution in [3.63, 3.8) is 0 Å². The van der Waals surface area contributed by atoms with Crippen LogP contribution in [0.4, 0.5) is 4.39 Å². The van der Waals surface area contributed by atoms with Crippen molar-refractivity contribution in [2.24, 2.45) is 17.3 Å². The number of alkyl halides is 1. The van der Waals surface area contributed by atoms with E-state index in [0.717, 1.165) is 19.3 Å². The van der Waals surface area contributed by atoms with Gasteiger partial charge in [0, 0.05) is 9.89 Å². The molecular formula is C21H23BrFN3O2. The second-order valence-corrected chi connectivity index (χ2v) is 10.7. The molecule has 1 heterocycles. The van der Waals surface area contributed by atoms with E-state index in [2.05, 4.69) is 31.4 Å². The van der Waals surface area contributed by atoms with E-state index >= 15 is 0 Å². The van der Waals surface area contributed by atoms with E-state index in [1.807, 2.05) is 6.92 Å². The molecule has 4 saturated carbocycles. The van der Waals surface area contributed by atoms with E-state index in [4.69, 9.17) is 4.52 Å². The van der Waals surface area contributed by atoms with Gasteiger partial charge in [0.25, 0.3) is 0 Å². The third-order valence-electron chi connectivity index (χ3n) is 6.73. The summed E-state index contributed by atoms with van der Waals surface area (Å²) in [4.78, 5) is 17.7. The zero-order valence-corrected chi connectivity index (χ0v) is 17.3. The standard InChI is InChI=1S/C21H23BrFN3O2/c1-12(18-25-17(26-28-18)15-2-4-16(23)5-3-15)24-19(27)20-7-13-6-14(8-20)10-21(22,9-13)11-20/h2-5,12-14H,6-11H2,1H3,(H,24,27). The predicted octanol–water partition coefficient (Wildman–Crippen LogP) is 4.79. The molecule has 3 unspecified atom stereocenters. The summed E-state index contributed by atoms with van der Waals surface area (Å²) in [5, 5.41) is 7.11. The number of carbonyl (C=O) groups excluding carboxylic acids is 1. The Morgan fingerprint density at radius 3 is 2.57 bits per heavy atom. The molecule has 4 aliphatic rings. The van der Waals surface area contributed by atoms with Gasteiger partial charge in [0.2, 0.25) is 17.6 Å². The molecule has 5 nitrogen and oxygen atoms in total. The highest BCUT2D eigenvalue weighted by Gasteiger charge is 2.59. The second-order valence-electron chi connectivity index (χ2n) is 9.05. The van der Waals surface area contributed by atoms with Gasteiger partial charge in [-0.05, 0) is 81.5 Å². The van der Waals surface area contributed by atoms with E-state index in [-0.39, 0.29) is 27.5 Å². The average Bonchev–Trinajstić information content (AvgIpc) is 3.10. The molecule has 1 amide bonds. The molecule has 0 spiro atoms. The summed E-state index contributed by atoms with van der Waals surface area (Å²) >= 11 is 3.96. The molecule has 0 radical (unpaired) electrons. The van der Waals surface area contributed by atoms with Crippen molar-refractivity contribution in [2.45, 2.75) is 55.8 Å². The van der Waals surface area contributed by atoms with Gasteiger partial charge in [0.1, 0.15) is 11.9 Å². The zero-order valence-electron chi connectivity index (χ0n) is 15.8. The SMILES string of the molecule is CC(NC(=O)C12CC3CC(CC(Br)(C3)C1)C2)c1nc(-c2ccc(F)cc2)no1. The second kappa shape index (κ2) is 6.37. The molecule has 3 atom stereocenters. The Balaban J connectivity index is 1.31. The van der Waals surface area contributed by atoms with Crippen LogP contribution in [0.5, 0.6) is 0 Å². The van der Waals surface area contributed by atoms with Crippen LogP contribution in [0.25, 0.3) is 11.4 Å². The van der Waals surface area contributed by atoms with Gasteiger partial charge in [-0.15, -0.1) is 0 Å². The summed E-state index contributed by atoms with van der Waals surface area (Å²) in [6.07, 6.45) is 6.54. The van der Waals surface area contributed by atoms with Gasteiger partial charge in [-0.2, -0.15) is 4.98 Å². The molecule has 6 rings (SSSR count). The van der Waals surface area contributed by atoms with Crippen molar-refractivity contribution < 1.29 is 13.7 Å². The van der Waals surface area contributed by atoms with E-state index in [1.165, 1.54) is 31.4 Å². The van der Waals surface area contributed by atoms with E-state index in [9.17, 15) is 9.18 Å². The van der Waals surface area contributed by atoms with Crippen LogP contribution in [0.3, 0.4) is 0 Å². The van der Waals surface area contributed by atoms with Crippen molar-refractivity contribution in [2.75, 3.05) is 0 Å². The lowest BCUT2D eigenvalue weighted by atomic mass is 9.49. The minimum absolute atomic E-state index is 0.111. The van der Waals surface area contributed by atoms with Crippen molar-refractivity contribution in [1.82, 2.24) is 15.5 Å². The van der Waals surface area contributed by atoms with Crippen LogP contribution in [0.15, 0.2) is 28.8 Å². The summed E-state index contributed by atoms with van der Waals surface area (Å²) in [6, 6.07) is 5.57. The zero-order chi connectivity index (χ0) is 19.5. The van der Waals surface area contributed by atoms with Crippen LogP contribution in [-0.4, -0.2) is 20.4 Å². The molecule has 2 aromatic rings. The molecule has 148 valence electrons. The molecule has 4 fully saturated rings. The third-order valence-corrected chi connectivity index (χ3v) is 7.66. The van der Waals surface area contributed by atoms with Gasteiger partial charge in [0.15, 0.2) is 0 Å². The first-order valence-corrected chi connectivity index (χ1v) is 10.7. The molecule has 1 N–H and O–H groups in total. The topological polar surface area (TPSA) is 68.0 Å². The first kappa shape index (κ1) is 18.3. The lowest BCUT2D eigenvalue weighted by Gasteiger charge is -2.59. The minimum atomic E-state index is -0.367. The largest absolute Gasteiger partial charge is 0.344 e. The average molecular weight is 448 g/mol. The molecule has 4 bridgehead atoms. The van der Waals surface area contributed by atoms with Crippen LogP contribution in [-0.2, 0) is 4.79 Å². The Morgan fingerprint density at radius 1 is 1.25 bits per heavy atom. The molecule has 1 aromatic carbocycles. The van der Waals surface area contributed by atoms with Gasteiger partial charge in [-0.3, -0.25) is 4.79 Å². The van der Waals surface area contributed by atoms with Gasteiger partial charge in [0.05, 0.1) is 5.41 Å². The number of hydrogen-bond donors (Lipinski definition) is 1. The summed E-state index contributed by atoms with van der Waals surface area (Å²) in [7, 11) is 0. The number of carbonyl (C=O) groups is 1. The highest BCUT2D eigenvalue weighted by atomic mass is 79.9. The lowest BCUT2D eigenvalue weighted by Crippen LogP contribution is -2.58. The fourth-order valence-electron chi connectivity index (χ4n) is 5.96. The number of amides is 1. The number of halogens is 2. The molecule has 0 aliphatic heterocycles. The molecule has 1 aromatic heterocycles. The monoisotopic (exact) mass is 447 g/mol. The highest BCUT2D eigenvalue weighted by Crippen LogP contribution is 2.64. The third kappa shape index (κ3) is 3.08. The molecule has 7 heteroatoms. The van der Waals surface area contributed by atoms with Gasteiger partial charge in [-0.1, -0.05) is 21.1 Å². The van der Waals surface area contributed by atoms with Crippen molar-refractivity contribution in [3.05, 3.63) is 36.0 Å². The Labute approximate surface area is 171 Å². The summed E-state index contributed by atoms with van der Waals surface area (Å²) < 4.78 is 18.6. The van der Waals surface area contributed by atoms with Gasteiger partial charge >= 0.3 is 0 Å². The van der Waals surface area contributed by atoms with Gasteiger partial charge in [-0.25, -0.2) is 4.39 Å². The molecule has 28 heavy (non-hydrogen) atoms. The maximum atomic E-state index is 13.3.